The van der Waals surface area contributed by atoms with Crippen molar-refractivity contribution >= 4 is 38.7 Å². The number of sulfonamides is 1. The van der Waals surface area contributed by atoms with E-state index in [4.69, 9.17) is 0 Å². The van der Waals surface area contributed by atoms with Gasteiger partial charge in [-0.05, 0) is 80.6 Å². The average Bonchev–Trinajstić information content (AvgIpc) is 3.10. The van der Waals surface area contributed by atoms with Gasteiger partial charge in [0.25, 0.3) is 0 Å². The first-order valence-corrected chi connectivity index (χ1v) is 13.6. The van der Waals surface area contributed by atoms with Gasteiger partial charge in [-0.15, -0.1) is 0 Å². The summed E-state index contributed by atoms with van der Waals surface area (Å²) in [7, 11) is -3.80. The topological polar surface area (TPSA) is 81.8 Å². The standard InChI is InChI=1S/C25H34N4O3S/c30-25(26-21-8-12-23(13-9-21)28-16-4-1-2-5-17-28)20-33(31,32)27-22-10-14-24(15-11-22)29-18-6-3-7-19-29/h8-15,27H,1-7,16-20H2,(H,26,30). The highest BCUT2D eigenvalue weighted by molar-refractivity contribution is 7.93. The van der Waals surface area contributed by atoms with Crippen molar-refractivity contribution in [3.63, 3.8) is 0 Å². The first-order chi connectivity index (χ1) is 16.0. The Balaban J connectivity index is 1.29. The molecule has 33 heavy (non-hydrogen) atoms. The lowest BCUT2D eigenvalue weighted by Gasteiger charge is -2.28. The Morgan fingerprint density at radius 1 is 0.667 bits per heavy atom. The molecule has 0 aromatic heterocycles. The molecule has 2 aromatic rings. The first kappa shape index (κ1) is 23.4. The number of anilines is 4. The number of hydrogen-bond donors (Lipinski definition) is 2. The van der Waals surface area contributed by atoms with Crippen LogP contribution >= 0.6 is 0 Å². The Labute approximate surface area is 197 Å². The molecule has 0 saturated carbocycles. The fourth-order valence-electron chi connectivity index (χ4n) is 4.56. The molecule has 2 aliphatic rings. The lowest BCUT2D eigenvalue weighted by Crippen LogP contribution is -2.29. The maximum Gasteiger partial charge on any atom is 0.241 e. The average molecular weight is 471 g/mol. The summed E-state index contributed by atoms with van der Waals surface area (Å²) >= 11 is 0. The smallest absolute Gasteiger partial charge is 0.241 e. The molecule has 4 rings (SSSR count). The molecule has 2 aromatic carbocycles. The number of nitrogens with zero attached hydrogens (tertiary/aromatic N) is 2. The van der Waals surface area contributed by atoms with Crippen molar-refractivity contribution in [1.29, 1.82) is 0 Å². The minimum atomic E-state index is -3.80. The highest BCUT2D eigenvalue weighted by Crippen LogP contribution is 2.23. The van der Waals surface area contributed by atoms with Crippen LogP contribution in [0.5, 0.6) is 0 Å². The van der Waals surface area contributed by atoms with Crippen molar-refractivity contribution in [2.75, 3.05) is 51.8 Å². The van der Waals surface area contributed by atoms with E-state index in [1.807, 2.05) is 36.4 Å². The van der Waals surface area contributed by atoms with Crippen LogP contribution in [0.4, 0.5) is 22.7 Å². The lowest BCUT2D eigenvalue weighted by atomic mass is 10.1. The second-order valence-corrected chi connectivity index (χ2v) is 10.7. The van der Waals surface area contributed by atoms with Crippen LogP contribution in [0.25, 0.3) is 0 Å². The predicted molar refractivity (Wildman–Crippen MR) is 136 cm³/mol. The van der Waals surface area contributed by atoms with Crippen molar-refractivity contribution in [2.45, 2.75) is 44.9 Å². The zero-order valence-electron chi connectivity index (χ0n) is 19.1. The van der Waals surface area contributed by atoms with Crippen LogP contribution in [-0.4, -0.2) is 46.3 Å². The number of piperidine rings is 1. The Kier molecular flexibility index (Phi) is 7.75. The summed E-state index contributed by atoms with van der Waals surface area (Å²) in [5, 5.41) is 2.70. The number of benzene rings is 2. The summed E-state index contributed by atoms with van der Waals surface area (Å²) in [6, 6.07) is 15.0. The van der Waals surface area contributed by atoms with Crippen molar-refractivity contribution in [2.24, 2.45) is 0 Å². The van der Waals surface area contributed by atoms with Gasteiger partial charge in [0.05, 0.1) is 0 Å². The molecular formula is C25H34N4O3S. The lowest BCUT2D eigenvalue weighted by molar-refractivity contribution is -0.113. The minimum absolute atomic E-state index is 0.463. The fourth-order valence-corrected chi connectivity index (χ4v) is 5.55. The van der Waals surface area contributed by atoms with E-state index in [0.717, 1.165) is 37.6 Å². The zero-order valence-corrected chi connectivity index (χ0v) is 19.9. The van der Waals surface area contributed by atoms with Crippen LogP contribution in [0.2, 0.25) is 0 Å². The minimum Gasteiger partial charge on any atom is -0.372 e. The van der Waals surface area contributed by atoms with Crippen LogP contribution in [0.15, 0.2) is 48.5 Å². The third kappa shape index (κ3) is 6.87. The maximum atomic E-state index is 12.5. The number of carbonyl (C=O) groups is 1. The van der Waals surface area contributed by atoms with Crippen LogP contribution < -0.4 is 19.8 Å². The second kappa shape index (κ2) is 10.9. The van der Waals surface area contributed by atoms with Gasteiger partial charge in [0, 0.05) is 48.9 Å². The van der Waals surface area contributed by atoms with Crippen molar-refractivity contribution in [1.82, 2.24) is 0 Å². The third-order valence-corrected chi connectivity index (χ3v) is 7.49. The van der Waals surface area contributed by atoms with Gasteiger partial charge in [-0.3, -0.25) is 9.52 Å². The number of rotatable bonds is 7. The molecule has 178 valence electrons. The summed E-state index contributed by atoms with van der Waals surface area (Å²) in [5.41, 5.74) is 3.29. The Morgan fingerprint density at radius 2 is 1.09 bits per heavy atom. The maximum absolute atomic E-state index is 12.5. The molecule has 2 fully saturated rings. The Bertz CT molecular complexity index is 1010. The molecule has 2 saturated heterocycles. The fraction of sp³-hybridized carbons (Fsp3) is 0.480. The monoisotopic (exact) mass is 470 g/mol. The van der Waals surface area contributed by atoms with Gasteiger partial charge in [-0.25, -0.2) is 8.42 Å². The van der Waals surface area contributed by atoms with Gasteiger partial charge in [0.15, 0.2) is 0 Å². The van der Waals surface area contributed by atoms with Gasteiger partial charge in [-0.1, -0.05) is 12.8 Å². The van der Waals surface area contributed by atoms with Gasteiger partial charge >= 0.3 is 0 Å². The van der Waals surface area contributed by atoms with E-state index >= 15 is 0 Å². The SMILES string of the molecule is O=C(CS(=O)(=O)Nc1ccc(N2CCCCC2)cc1)Nc1ccc(N2CCCCCC2)cc1. The highest BCUT2D eigenvalue weighted by Gasteiger charge is 2.18. The molecule has 0 unspecified atom stereocenters. The molecule has 2 N–H and O–H groups in total. The van der Waals surface area contributed by atoms with Crippen molar-refractivity contribution in [3.8, 4) is 0 Å². The Hall–Kier alpha value is -2.74. The highest BCUT2D eigenvalue weighted by atomic mass is 32.2. The molecule has 1 amide bonds. The largest absolute Gasteiger partial charge is 0.372 e. The number of nitrogens with one attached hydrogen (secondary N) is 2. The van der Waals surface area contributed by atoms with Crippen LogP contribution in [0, 0.1) is 0 Å². The number of amides is 1. The van der Waals surface area contributed by atoms with E-state index in [-0.39, 0.29) is 0 Å². The van der Waals surface area contributed by atoms with Crippen molar-refractivity contribution in [3.05, 3.63) is 48.5 Å². The van der Waals surface area contributed by atoms with E-state index in [1.54, 1.807) is 12.1 Å². The summed E-state index contributed by atoms with van der Waals surface area (Å²) in [4.78, 5) is 17.0. The molecule has 0 bridgehead atoms. The van der Waals surface area contributed by atoms with Gasteiger partial charge in [-0.2, -0.15) is 0 Å². The van der Waals surface area contributed by atoms with Crippen LogP contribution in [-0.2, 0) is 14.8 Å². The van der Waals surface area contributed by atoms with E-state index in [2.05, 4.69) is 19.8 Å². The van der Waals surface area contributed by atoms with Crippen LogP contribution in [0.3, 0.4) is 0 Å². The molecule has 8 heteroatoms. The number of hydrogen-bond acceptors (Lipinski definition) is 5. The molecule has 0 radical (unpaired) electrons. The normalized spacial score (nSPS) is 17.3. The van der Waals surface area contributed by atoms with Gasteiger partial charge in [0.1, 0.15) is 5.75 Å². The molecule has 0 aliphatic carbocycles. The number of carbonyl (C=O) groups excluding carboxylic acids is 1. The summed E-state index contributed by atoms with van der Waals surface area (Å²) < 4.78 is 27.5. The molecule has 0 atom stereocenters. The van der Waals surface area contributed by atoms with Crippen LogP contribution in [0.1, 0.15) is 44.9 Å². The van der Waals surface area contributed by atoms with E-state index in [1.165, 1.54) is 44.9 Å². The van der Waals surface area contributed by atoms with Gasteiger partial charge in [0.2, 0.25) is 15.9 Å². The third-order valence-electron chi connectivity index (χ3n) is 6.31. The van der Waals surface area contributed by atoms with Crippen molar-refractivity contribution < 1.29 is 13.2 Å². The van der Waals surface area contributed by atoms with E-state index < -0.39 is 21.7 Å². The molecule has 0 spiro atoms. The zero-order chi connectivity index (χ0) is 23.1. The molecule has 2 aliphatic heterocycles. The molecular weight excluding hydrogens is 436 g/mol. The second-order valence-electron chi connectivity index (χ2n) is 8.95. The molecule has 2 heterocycles. The van der Waals surface area contributed by atoms with E-state index in [0.29, 0.717) is 11.4 Å². The first-order valence-electron chi connectivity index (χ1n) is 12.0. The van der Waals surface area contributed by atoms with Gasteiger partial charge < -0.3 is 15.1 Å². The Morgan fingerprint density at radius 3 is 1.58 bits per heavy atom. The predicted octanol–water partition coefficient (Wildman–Crippen LogP) is 4.44. The summed E-state index contributed by atoms with van der Waals surface area (Å²) in [6.45, 7) is 4.16. The summed E-state index contributed by atoms with van der Waals surface area (Å²) in [6.07, 6.45) is 8.58. The quantitative estimate of drug-likeness (QED) is 0.625. The van der Waals surface area contributed by atoms with E-state index in [9.17, 15) is 13.2 Å². The molecule has 7 nitrogen and oxygen atoms in total. The summed E-state index contributed by atoms with van der Waals surface area (Å²) in [5.74, 6) is -1.19.